The fourth-order valence-electron chi connectivity index (χ4n) is 3.05. The third-order valence-electron chi connectivity index (χ3n) is 4.10. The SMILES string of the molecule is CCOC(=O)C1=C(C(C)C)Nc2n[nH]cc2C1c1ccccc1Br. The maximum atomic E-state index is 12.8. The molecule has 0 bridgehead atoms. The Morgan fingerprint density at radius 1 is 1.33 bits per heavy atom. The van der Waals surface area contributed by atoms with Crippen molar-refractivity contribution in [2.75, 3.05) is 11.9 Å². The Labute approximate surface area is 149 Å². The summed E-state index contributed by atoms with van der Waals surface area (Å²) in [6.45, 7) is 6.27. The highest BCUT2D eigenvalue weighted by Crippen LogP contribution is 2.44. The molecule has 0 radical (unpaired) electrons. The number of aromatic nitrogens is 2. The number of hydrogen-bond acceptors (Lipinski definition) is 4. The first-order valence-electron chi connectivity index (χ1n) is 8.00. The molecule has 0 aliphatic carbocycles. The third-order valence-corrected chi connectivity index (χ3v) is 4.82. The van der Waals surface area contributed by atoms with Crippen LogP contribution in [0.2, 0.25) is 0 Å². The van der Waals surface area contributed by atoms with Gasteiger partial charge < -0.3 is 10.1 Å². The fraction of sp³-hybridized carbons (Fsp3) is 0.333. The predicted molar refractivity (Wildman–Crippen MR) is 96.7 cm³/mol. The van der Waals surface area contributed by atoms with Gasteiger partial charge in [0.2, 0.25) is 0 Å². The van der Waals surface area contributed by atoms with Gasteiger partial charge in [0.15, 0.2) is 5.82 Å². The lowest BCUT2D eigenvalue weighted by atomic mass is 9.81. The number of ether oxygens (including phenoxy) is 1. The van der Waals surface area contributed by atoms with E-state index in [0.717, 1.165) is 27.1 Å². The number of rotatable bonds is 4. The lowest BCUT2D eigenvalue weighted by molar-refractivity contribution is -0.138. The van der Waals surface area contributed by atoms with Crippen LogP contribution in [0.3, 0.4) is 0 Å². The number of halogens is 1. The average Bonchev–Trinajstić information content (AvgIpc) is 3.02. The summed E-state index contributed by atoms with van der Waals surface area (Å²) in [5.74, 6) is 0.375. The number of carbonyl (C=O) groups excluding carboxylic acids is 1. The molecule has 3 rings (SSSR count). The van der Waals surface area contributed by atoms with E-state index >= 15 is 0 Å². The zero-order chi connectivity index (χ0) is 17.3. The van der Waals surface area contributed by atoms with E-state index in [-0.39, 0.29) is 17.8 Å². The molecule has 0 saturated carbocycles. The van der Waals surface area contributed by atoms with Crippen molar-refractivity contribution < 1.29 is 9.53 Å². The van der Waals surface area contributed by atoms with E-state index in [1.54, 1.807) is 0 Å². The van der Waals surface area contributed by atoms with Crippen molar-refractivity contribution in [2.24, 2.45) is 5.92 Å². The van der Waals surface area contributed by atoms with E-state index in [9.17, 15) is 4.79 Å². The predicted octanol–water partition coefficient (Wildman–Crippen LogP) is 4.20. The normalized spacial score (nSPS) is 16.8. The first-order chi connectivity index (χ1) is 11.5. The van der Waals surface area contributed by atoms with Crippen LogP contribution in [0.1, 0.15) is 37.8 Å². The minimum atomic E-state index is -0.290. The molecule has 2 N–H and O–H groups in total. The molecule has 1 unspecified atom stereocenters. The van der Waals surface area contributed by atoms with Crippen molar-refractivity contribution in [2.45, 2.75) is 26.7 Å². The summed E-state index contributed by atoms with van der Waals surface area (Å²) in [6.07, 6.45) is 1.84. The Morgan fingerprint density at radius 2 is 2.08 bits per heavy atom. The van der Waals surface area contributed by atoms with Gasteiger partial charge >= 0.3 is 5.97 Å². The topological polar surface area (TPSA) is 67.0 Å². The number of anilines is 1. The van der Waals surface area contributed by atoms with Crippen molar-refractivity contribution in [3.8, 4) is 0 Å². The van der Waals surface area contributed by atoms with E-state index in [1.165, 1.54) is 0 Å². The van der Waals surface area contributed by atoms with Gasteiger partial charge in [0.05, 0.1) is 12.2 Å². The van der Waals surface area contributed by atoms with Crippen LogP contribution in [0.4, 0.5) is 5.82 Å². The molecule has 0 saturated heterocycles. The fourth-order valence-corrected chi connectivity index (χ4v) is 3.56. The van der Waals surface area contributed by atoms with Gasteiger partial charge in [-0.2, -0.15) is 5.10 Å². The number of nitrogens with zero attached hydrogens (tertiary/aromatic N) is 1. The van der Waals surface area contributed by atoms with E-state index < -0.39 is 0 Å². The zero-order valence-corrected chi connectivity index (χ0v) is 15.5. The van der Waals surface area contributed by atoms with E-state index in [1.807, 2.05) is 37.4 Å². The second-order valence-corrected chi connectivity index (χ2v) is 6.83. The Kier molecular flexibility index (Phi) is 4.76. The molecule has 0 spiro atoms. The number of esters is 1. The number of aromatic amines is 1. The molecule has 126 valence electrons. The maximum Gasteiger partial charge on any atom is 0.336 e. The monoisotopic (exact) mass is 389 g/mol. The summed E-state index contributed by atoms with van der Waals surface area (Å²) in [4.78, 5) is 12.8. The maximum absolute atomic E-state index is 12.8. The van der Waals surface area contributed by atoms with Crippen LogP contribution in [0.15, 0.2) is 46.2 Å². The number of hydrogen-bond donors (Lipinski definition) is 2. The van der Waals surface area contributed by atoms with Crippen molar-refractivity contribution in [3.63, 3.8) is 0 Å². The minimum absolute atomic E-state index is 0.138. The highest BCUT2D eigenvalue weighted by atomic mass is 79.9. The third kappa shape index (κ3) is 2.86. The summed E-state index contributed by atoms with van der Waals surface area (Å²) in [6, 6.07) is 7.94. The molecule has 1 aromatic carbocycles. The van der Waals surface area contributed by atoms with Crippen LogP contribution in [-0.2, 0) is 9.53 Å². The number of H-pyrrole nitrogens is 1. The van der Waals surface area contributed by atoms with Gasteiger partial charge in [-0.25, -0.2) is 4.79 Å². The molecule has 2 aromatic rings. The van der Waals surface area contributed by atoms with Gasteiger partial charge in [-0.1, -0.05) is 48.0 Å². The molecule has 5 nitrogen and oxygen atoms in total. The highest BCUT2D eigenvalue weighted by Gasteiger charge is 2.37. The van der Waals surface area contributed by atoms with Crippen LogP contribution in [0, 0.1) is 5.92 Å². The Balaban J connectivity index is 2.24. The smallest absolute Gasteiger partial charge is 0.336 e. The van der Waals surface area contributed by atoms with Crippen molar-refractivity contribution >= 4 is 27.7 Å². The average molecular weight is 390 g/mol. The molecule has 0 fully saturated rings. The summed E-state index contributed by atoms with van der Waals surface area (Å²) in [5.41, 5.74) is 3.46. The molecule has 1 aliphatic rings. The van der Waals surface area contributed by atoms with Gasteiger partial charge in [-0.15, -0.1) is 0 Å². The molecule has 2 heterocycles. The van der Waals surface area contributed by atoms with Crippen molar-refractivity contribution in [1.29, 1.82) is 0 Å². The van der Waals surface area contributed by atoms with Gasteiger partial charge in [0.1, 0.15) is 0 Å². The van der Waals surface area contributed by atoms with Crippen LogP contribution in [0.5, 0.6) is 0 Å². The van der Waals surface area contributed by atoms with Crippen molar-refractivity contribution in [1.82, 2.24) is 10.2 Å². The molecule has 0 amide bonds. The Bertz CT molecular complexity index is 795. The van der Waals surface area contributed by atoms with Crippen LogP contribution < -0.4 is 5.32 Å². The summed E-state index contributed by atoms with van der Waals surface area (Å²) in [5, 5.41) is 10.5. The van der Waals surface area contributed by atoms with Crippen LogP contribution >= 0.6 is 15.9 Å². The van der Waals surface area contributed by atoms with Crippen LogP contribution in [-0.4, -0.2) is 22.8 Å². The molecule has 6 heteroatoms. The molecule has 1 aromatic heterocycles. The minimum Gasteiger partial charge on any atom is -0.463 e. The second kappa shape index (κ2) is 6.81. The lowest BCUT2D eigenvalue weighted by Crippen LogP contribution is -2.27. The Morgan fingerprint density at radius 3 is 2.75 bits per heavy atom. The summed E-state index contributed by atoms with van der Waals surface area (Å²) < 4.78 is 6.31. The molecular formula is C18H20BrN3O2. The van der Waals surface area contributed by atoms with E-state index in [4.69, 9.17) is 4.74 Å². The van der Waals surface area contributed by atoms with Crippen molar-refractivity contribution in [3.05, 3.63) is 57.3 Å². The Hall–Kier alpha value is -2.08. The van der Waals surface area contributed by atoms with Crippen LogP contribution in [0.25, 0.3) is 0 Å². The van der Waals surface area contributed by atoms with E-state index in [0.29, 0.717) is 12.2 Å². The first-order valence-corrected chi connectivity index (χ1v) is 8.80. The van der Waals surface area contributed by atoms with Gasteiger partial charge in [0, 0.05) is 27.8 Å². The molecular weight excluding hydrogens is 370 g/mol. The number of allylic oxidation sites excluding steroid dienone is 1. The number of benzene rings is 1. The standard InChI is InChI=1S/C18H20BrN3O2/c1-4-24-18(23)15-14(11-7-5-6-8-13(11)19)12-9-20-22-17(12)21-16(15)10(2)3/h5-10,14H,4H2,1-3H3,(H2,20,21,22). The molecule has 24 heavy (non-hydrogen) atoms. The zero-order valence-electron chi connectivity index (χ0n) is 13.9. The lowest BCUT2D eigenvalue weighted by Gasteiger charge is -2.30. The first kappa shape index (κ1) is 16.8. The number of fused-ring (bicyclic) bond motifs is 1. The van der Waals surface area contributed by atoms with Gasteiger partial charge in [0.25, 0.3) is 0 Å². The van der Waals surface area contributed by atoms with E-state index in [2.05, 4.69) is 45.3 Å². The molecule has 1 aliphatic heterocycles. The second-order valence-electron chi connectivity index (χ2n) is 5.97. The summed E-state index contributed by atoms with van der Waals surface area (Å²) >= 11 is 3.62. The largest absolute Gasteiger partial charge is 0.463 e. The molecule has 1 atom stereocenters. The quantitative estimate of drug-likeness (QED) is 0.768. The van der Waals surface area contributed by atoms with Gasteiger partial charge in [-0.05, 0) is 24.5 Å². The summed E-state index contributed by atoms with van der Waals surface area (Å²) in [7, 11) is 0. The highest BCUT2D eigenvalue weighted by molar-refractivity contribution is 9.10. The number of nitrogens with one attached hydrogen (secondary N) is 2. The number of carbonyl (C=O) groups is 1. The van der Waals surface area contributed by atoms with Gasteiger partial charge in [-0.3, -0.25) is 5.10 Å².